The van der Waals surface area contributed by atoms with Crippen molar-refractivity contribution in [2.75, 3.05) is 7.11 Å². The van der Waals surface area contributed by atoms with Crippen molar-refractivity contribution in [3.63, 3.8) is 0 Å². The highest BCUT2D eigenvalue weighted by Gasteiger charge is 2.17. The van der Waals surface area contributed by atoms with Gasteiger partial charge in [-0.25, -0.2) is 13.8 Å². The molecular formula is C14H10F2N2O. The topological polar surface area (TPSA) is 37.9 Å². The van der Waals surface area contributed by atoms with Crippen LogP contribution in [0.1, 0.15) is 0 Å². The number of methoxy groups -OCH3 is 1. The van der Waals surface area contributed by atoms with Crippen LogP contribution < -0.4 is 4.74 Å². The molecule has 19 heavy (non-hydrogen) atoms. The normalized spacial score (nSPS) is 10.9. The molecule has 0 spiro atoms. The summed E-state index contributed by atoms with van der Waals surface area (Å²) < 4.78 is 32.2. The molecule has 1 aromatic heterocycles. The molecule has 3 aromatic rings. The van der Waals surface area contributed by atoms with Crippen molar-refractivity contribution in [3.8, 4) is 17.1 Å². The lowest BCUT2D eigenvalue weighted by Gasteiger charge is -2.06. The second-order valence-corrected chi connectivity index (χ2v) is 4.04. The molecule has 1 heterocycles. The lowest BCUT2D eigenvalue weighted by molar-refractivity contribution is 0.360. The molecule has 96 valence electrons. The molecule has 3 rings (SSSR count). The predicted molar refractivity (Wildman–Crippen MR) is 68.0 cm³/mol. The summed E-state index contributed by atoms with van der Waals surface area (Å²) in [5.74, 6) is -1.56. The molecule has 0 atom stereocenters. The number of nitrogens with one attached hydrogen (secondary N) is 1. The van der Waals surface area contributed by atoms with Crippen molar-refractivity contribution in [1.82, 2.24) is 9.97 Å². The summed E-state index contributed by atoms with van der Waals surface area (Å²) in [4.78, 5) is 7.27. The lowest BCUT2D eigenvalue weighted by Crippen LogP contribution is -1.96. The average Bonchev–Trinajstić information content (AvgIpc) is 2.82. The summed E-state index contributed by atoms with van der Waals surface area (Å²) in [6.07, 6.45) is 0. The molecular weight excluding hydrogens is 250 g/mol. The van der Waals surface area contributed by atoms with Crippen LogP contribution in [0.4, 0.5) is 8.78 Å². The molecule has 0 amide bonds. The molecule has 0 aliphatic carbocycles. The quantitative estimate of drug-likeness (QED) is 0.765. The Hall–Kier alpha value is -2.43. The van der Waals surface area contributed by atoms with Gasteiger partial charge in [-0.2, -0.15) is 0 Å². The Labute approximate surface area is 107 Å². The minimum atomic E-state index is -0.762. The maximum absolute atomic E-state index is 14.1. The Morgan fingerprint density at radius 1 is 1.11 bits per heavy atom. The van der Waals surface area contributed by atoms with Crippen LogP contribution in [-0.4, -0.2) is 17.1 Å². The first kappa shape index (κ1) is 11.6. The smallest absolute Gasteiger partial charge is 0.191 e. The summed E-state index contributed by atoms with van der Waals surface area (Å²) in [6.45, 7) is 0. The molecule has 5 heteroatoms. The maximum Gasteiger partial charge on any atom is 0.191 e. The third-order valence-electron chi connectivity index (χ3n) is 2.90. The summed E-state index contributed by atoms with van der Waals surface area (Å²) in [5.41, 5.74) is 1.69. The number of ether oxygens (including phenoxy) is 1. The number of hydrogen-bond donors (Lipinski definition) is 1. The fraction of sp³-hybridized carbons (Fsp3) is 0.0714. The molecule has 0 radical (unpaired) electrons. The second-order valence-electron chi connectivity index (χ2n) is 4.04. The van der Waals surface area contributed by atoms with E-state index in [0.29, 0.717) is 5.82 Å². The van der Waals surface area contributed by atoms with Crippen LogP contribution in [0.3, 0.4) is 0 Å². The van der Waals surface area contributed by atoms with Crippen LogP contribution in [0.15, 0.2) is 36.4 Å². The van der Waals surface area contributed by atoms with Crippen molar-refractivity contribution in [2.24, 2.45) is 0 Å². The Morgan fingerprint density at radius 3 is 2.63 bits per heavy atom. The first-order chi connectivity index (χ1) is 9.20. The SMILES string of the molecule is COc1c(F)ccc(-c2nc3ccccc3[nH]2)c1F. The van der Waals surface area contributed by atoms with Crippen LogP contribution in [0.5, 0.6) is 5.75 Å². The zero-order valence-corrected chi connectivity index (χ0v) is 10.1. The van der Waals surface area contributed by atoms with Gasteiger partial charge in [0.05, 0.1) is 23.7 Å². The fourth-order valence-corrected chi connectivity index (χ4v) is 1.98. The summed E-state index contributed by atoms with van der Waals surface area (Å²) in [5, 5.41) is 0. The van der Waals surface area contributed by atoms with E-state index in [1.807, 2.05) is 24.3 Å². The molecule has 0 saturated heterocycles. The van der Waals surface area contributed by atoms with Gasteiger partial charge in [0.15, 0.2) is 17.4 Å². The van der Waals surface area contributed by atoms with E-state index in [1.165, 1.54) is 13.2 Å². The van der Waals surface area contributed by atoms with Crippen LogP contribution in [0.25, 0.3) is 22.4 Å². The van der Waals surface area contributed by atoms with Crippen molar-refractivity contribution in [1.29, 1.82) is 0 Å². The number of rotatable bonds is 2. The number of para-hydroxylation sites is 2. The first-order valence-corrected chi connectivity index (χ1v) is 5.68. The highest BCUT2D eigenvalue weighted by Crippen LogP contribution is 2.30. The molecule has 0 unspecified atom stereocenters. The molecule has 0 bridgehead atoms. The number of H-pyrrole nitrogens is 1. The Kier molecular flexibility index (Phi) is 2.67. The van der Waals surface area contributed by atoms with Gasteiger partial charge in [0, 0.05) is 0 Å². The van der Waals surface area contributed by atoms with Crippen molar-refractivity contribution in [2.45, 2.75) is 0 Å². The Bertz CT molecular complexity index is 719. The monoisotopic (exact) mass is 260 g/mol. The van der Waals surface area contributed by atoms with Crippen LogP contribution in [-0.2, 0) is 0 Å². The van der Waals surface area contributed by atoms with Gasteiger partial charge >= 0.3 is 0 Å². The van der Waals surface area contributed by atoms with E-state index < -0.39 is 17.4 Å². The molecule has 0 aliphatic rings. The van der Waals surface area contributed by atoms with E-state index in [4.69, 9.17) is 4.74 Å². The van der Waals surface area contributed by atoms with Gasteiger partial charge in [0.25, 0.3) is 0 Å². The summed E-state index contributed by atoms with van der Waals surface area (Å²) >= 11 is 0. The Balaban J connectivity index is 2.21. The number of halogens is 2. The molecule has 0 fully saturated rings. The van der Waals surface area contributed by atoms with E-state index in [-0.39, 0.29) is 5.56 Å². The van der Waals surface area contributed by atoms with E-state index in [1.54, 1.807) is 0 Å². The van der Waals surface area contributed by atoms with E-state index in [9.17, 15) is 8.78 Å². The van der Waals surface area contributed by atoms with Gasteiger partial charge in [-0.1, -0.05) is 12.1 Å². The maximum atomic E-state index is 14.1. The van der Waals surface area contributed by atoms with Gasteiger partial charge in [-0.15, -0.1) is 0 Å². The highest BCUT2D eigenvalue weighted by molar-refractivity contribution is 5.79. The minimum absolute atomic E-state index is 0.175. The number of nitrogens with zero attached hydrogens (tertiary/aromatic N) is 1. The van der Waals surface area contributed by atoms with Gasteiger partial charge in [-0.05, 0) is 24.3 Å². The number of hydrogen-bond acceptors (Lipinski definition) is 2. The van der Waals surface area contributed by atoms with Crippen LogP contribution in [0.2, 0.25) is 0 Å². The number of aromatic nitrogens is 2. The fourth-order valence-electron chi connectivity index (χ4n) is 1.98. The van der Waals surface area contributed by atoms with Crippen LogP contribution >= 0.6 is 0 Å². The van der Waals surface area contributed by atoms with Gasteiger partial charge < -0.3 is 9.72 Å². The number of fused-ring (bicyclic) bond motifs is 1. The molecule has 3 nitrogen and oxygen atoms in total. The zero-order valence-electron chi connectivity index (χ0n) is 10.1. The van der Waals surface area contributed by atoms with Gasteiger partial charge in [-0.3, -0.25) is 0 Å². The van der Waals surface area contributed by atoms with E-state index in [0.717, 1.165) is 17.1 Å². The van der Waals surface area contributed by atoms with Crippen molar-refractivity contribution < 1.29 is 13.5 Å². The van der Waals surface area contributed by atoms with Gasteiger partial charge in [0.2, 0.25) is 0 Å². The molecule has 1 N–H and O–H groups in total. The highest BCUT2D eigenvalue weighted by atomic mass is 19.1. The molecule has 2 aromatic carbocycles. The largest absolute Gasteiger partial charge is 0.491 e. The number of imidazole rings is 1. The van der Waals surface area contributed by atoms with Crippen molar-refractivity contribution >= 4 is 11.0 Å². The van der Waals surface area contributed by atoms with E-state index >= 15 is 0 Å². The second kappa shape index (κ2) is 4.35. The first-order valence-electron chi connectivity index (χ1n) is 5.68. The number of aromatic amines is 1. The van der Waals surface area contributed by atoms with Gasteiger partial charge in [0.1, 0.15) is 5.82 Å². The van der Waals surface area contributed by atoms with E-state index in [2.05, 4.69) is 9.97 Å². The third kappa shape index (κ3) is 1.83. The number of benzene rings is 2. The van der Waals surface area contributed by atoms with Crippen LogP contribution in [0, 0.1) is 11.6 Å². The van der Waals surface area contributed by atoms with Crippen molar-refractivity contribution in [3.05, 3.63) is 48.0 Å². The minimum Gasteiger partial charge on any atom is -0.491 e. The molecule has 0 aliphatic heterocycles. The summed E-state index contributed by atoms with van der Waals surface area (Å²) in [7, 11) is 1.23. The predicted octanol–water partition coefficient (Wildman–Crippen LogP) is 3.52. The zero-order chi connectivity index (χ0) is 13.4. The third-order valence-corrected chi connectivity index (χ3v) is 2.90. The standard InChI is InChI=1S/C14H10F2N2O/c1-19-13-9(15)7-6-8(12(13)16)14-17-10-4-2-3-5-11(10)18-14/h2-7H,1H3,(H,17,18). The Morgan fingerprint density at radius 2 is 1.89 bits per heavy atom. The average molecular weight is 260 g/mol. The lowest BCUT2D eigenvalue weighted by atomic mass is 10.2. The molecule has 0 saturated carbocycles. The summed E-state index contributed by atoms with van der Waals surface area (Å²) in [6, 6.07) is 9.84.